The first-order chi connectivity index (χ1) is 6.74. The lowest BCUT2D eigenvalue weighted by molar-refractivity contribution is 0.0207. The molecular formula is C11H24N2O. The van der Waals surface area contributed by atoms with Crippen LogP contribution in [0, 0.1) is 0 Å². The summed E-state index contributed by atoms with van der Waals surface area (Å²) in [5.74, 6) is 0. The summed E-state index contributed by atoms with van der Waals surface area (Å²) in [4.78, 5) is 7.80. The predicted octanol–water partition coefficient (Wildman–Crippen LogP) is 1.79. The Morgan fingerprint density at radius 1 is 1.36 bits per heavy atom. The molecule has 1 rings (SSSR count). The fourth-order valence-electron chi connectivity index (χ4n) is 1.95. The Balaban J connectivity index is 2.26. The summed E-state index contributed by atoms with van der Waals surface area (Å²) in [5, 5.41) is 0. The van der Waals surface area contributed by atoms with Gasteiger partial charge >= 0.3 is 0 Å². The van der Waals surface area contributed by atoms with E-state index in [2.05, 4.69) is 24.2 Å². The SMILES string of the molecule is CCONC1CCCN(C(C)C)CC1. The van der Waals surface area contributed by atoms with E-state index in [9.17, 15) is 0 Å². The average molecular weight is 200 g/mol. The van der Waals surface area contributed by atoms with Crippen molar-refractivity contribution in [3.63, 3.8) is 0 Å². The molecule has 84 valence electrons. The monoisotopic (exact) mass is 200 g/mol. The van der Waals surface area contributed by atoms with Crippen LogP contribution in [-0.4, -0.2) is 36.7 Å². The van der Waals surface area contributed by atoms with Crippen LogP contribution in [0.15, 0.2) is 0 Å². The molecule has 0 saturated carbocycles. The summed E-state index contributed by atoms with van der Waals surface area (Å²) in [6.45, 7) is 9.76. The number of nitrogens with one attached hydrogen (secondary N) is 1. The van der Waals surface area contributed by atoms with Gasteiger partial charge in [-0.15, -0.1) is 0 Å². The van der Waals surface area contributed by atoms with Crippen LogP contribution in [0.3, 0.4) is 0 Å². The summed E-state index contributed by atoms with van der Waals surface area (Å²) in [6.07, 6.45) is 3.73. The number of hydrogen-bond acceptors (Lipinski definition) is 3. The molecule has 14 heavy (non-hydrogen) atoms. The van der Waals surface area contributed by atoms with Gasteiger partial charge in [0, 0.05) is 12.1 Å². The van der Waals surface area contributed by atoms with Gasteiger partial charge < -0.3 is 9.74 Å². The van der Waals surface area contributed by atoms with Crippen LogP contribution in [0.25, 0.3) is 0 Å². The first-order valence-electron chi connectivity index (χ1n) is 5.85. The molecule has 1 unspecified atom stereocenters. The van der Waals surface area contributed by atoms with Crippen molar-refractivity contribution in [1.82, 2.24) is 10.4 Å². The van der Waals surface area contributed by atoms with E-state index >= 15 is 0 Å². The van der Waals surface area contributed by atoms with E-state index in [0.717, 1.165) is 6.61 Å². The van der Waals surface area contributed by atoms with Gasteiger partial charge in [-0.2, -0.15) is 5.48 Å². The third-order valence-corrected chi connectivity index (χ3v) is 2.89. The summed E-state index contributed by atoms with van der Waals surface area (Å²) in [7, 11) is 0. The Morgan fingerprint density at radius 2 is 2.14 bits per heavy atom. The fourth-order valence-corrected chi connectivity index (χ4v) is 1.95. The number of hydroxylamine groups is 1. The van der Waals surface area contributed by atoms with Crippen LogP contribution >= 0.6 is 0 Å². The molecule has 0 spiro atoms. The molecule has 3 heteroatoms. The molecule has 1 atom stereocenters. The van der Waals surface area contributed by atoms with Gasteiger partial charge in [-0.1, -0.05) is 0 Å². The van der Waals surface area contributed by atoms with Gasteiger partial charge in [0.1, 0.15) is 0 Å². The quantitative estimate of drug-likeness (QED) is 0.700. The molecule has 0 bridgehead atoms. The van der Waals surface area contributed by atoms with Gasteiger partial charge in [0.25, 0.3) is 0 Å². The molecule has 1 aliphatic rings. The van der Waals surface area contributed by atoms with Crippen molar-refractivity contribution in [2.24, 2.45) is 0 Å². The highest BCUT2D eigenvalue weighted by molar-refractivity contribution is 4.74. The Morgan fingerprint density at radius 3 is 2.79 bits per heavy atom. The van der Waals surface area contributed by atoms with Crippen LogP contribution in [0.1, 0.15) is 40.0 Å². The lowest BCUT2D eigenvalue weighted by Gasteiger charge is -2.24. The van der Waals surface area contributed by atoms with Crippen molar-refractivity contribution in [3.05, 3.63) is 0 Å². The lowest BCUT2D eigenvalue weighted by atomic mass is 10.1. The summed E-state index contributed by atoms with van der Waals surface area (Å²) in [5.41, 5.74) is 3.14. The summed E-state index contributed by atoms with van der Waals surface area (Å²) >= 11 is 0. The highest BCUT2D eigenvalue weighted by atomic mass is 16.6. The van der Waals surface area contributed by atoms with E-state index in [1.54, 1.807) is 0 Å². The summed E-state index contributed by atoms with van der Waals surface area (Å²) in [6, 6.07) is 1.24. The molecule has 1 heterocycles. The molecule has 1 fully saturated rings. The van der Waals surface area contributed by atoms with Gasteiger partial charge in [-0.05, 0) is 53.1 Å². The number of nitrogens with zero attached hydrogens (tertiary/aromatic N) is 1. The van der Waals surface area contributed by atoms with Gasteiger partial charge in [0.15, 0.2) is 0 Å². The zero-order chi connectivity index (χ0) is 10.4. The number of rotatable bonds is 4. The van der Waals surface area contributed by atoms with Crippen molar-refractivity contribution < 1.29 is 4.84 Å². The first-order valence-corrected chi connectivity index (χ1v) is 5.85. The minimum atomic E-state index is 0.554. The lowest BCUT2D eigenvalue weighted by Crippen LogP contribution is -2.34. The molecule has 0 aromatic heterocycles. The van der Waals surface area contributed by atoms with Crippen molar-refractivity contribution in [2.75, 3.05) is 19.7 Å². The second-order valence-electron chi connectivity index (χ2n) is 4.31. The summed E-state index contributed by atoms with van der Waals surface area (Å²) < 4.78 is 0. The highest BCUT2D eigenvalue weighted by Crippen LogP contribution is 2.13. The van der Waals surface area contributed by atoms with Crippen molar-refractivity contribution >= 4 is 0 Å². The minimum Gasteiger partial charge on any atom is -0.302 e. The van der Waals surface area contributed by atoms with Crippen LogP contribution in [0.5, 0.6) is 0 Å². The molecule has 0 amide bonds. The second-order valence-corrected chi connectivity index (χ2v) is 4.31. The molecule has 0 aromatic rings. The molecule has 3 nitrogen and oxygen atoms in total. The van der Waals surface area contributed by atoms with E-state index in [-0.39, 0.29) is 0 Å². The normalized spacial score (nSPS) is 25.3. The van der Waals surface area contributed by atoms with Crippen LogP contribution < -0.4 is 5.48 Å². The predicted molar refractivity (Wildman–Crippen MR) is 59.1 cm³/mol. The second kappa shape index (κ2) is 6.38. The van der Waals surface area contributed by atoms with Gasteiger partial charge in [-0.3, -0.25) is 0 Å². The van der Waals surface area contributed by atoms with E-state index in [0.29, 0.717) is 12.1 Å². The molecular weight excluding hydrogens is 176 g/mol. The maximum absolute atomic E-state index is 5.26. The van der Waals surface area contributed by atoms with Crippen LogP contribution in [0.2, 0.25) is 0 Å². The zero-order valence-electron chi connectivity index (χ0n) is 9.75. The smallest absolute Gasteiger partial charge is 0.0654 e. The topological polar surface area (TPSA) is 24.5 Å². The molecule has 0 aliphatic carbocycles. The standard InChI is InChI=1S/C11H24N2O/c1-4-14-12-11-6-5-8-13(9-7-11)10(2)3/h10-12H,4-9H2,1-3H3. The number of likely N-dealkylation sites (tertiary alicyclic amines) is 1. The van der Waals surface area contributed by atoms with Crippen LogP contribution in [-0.2, 0) is 4.84 Å². The van der Waals surface area contributed by atoms with E-state index in [1.165, 1.54) is 32.4 Å². The van der Waals surface area contributed by atoms with Crippen molar-refractivity contribution in [1.29, 1.82) is 0 Å². The van der Waals surface area contributed by atoms with E-state index < -0.39 is 0 Å². The van der Waals surface area contributed by atoms with Crippen molar-refractivity contribution in [3.8, 4) is 0 Å². The molecule has 0 radical (unpaired) electrons. The Kier molecular flexibility index (Phi) is 5.45. The molecule has 1 saturated heterocycles. The van der Waals surface area contributed by atoms with Gasteiger partial charge in [0.2, 0.25) is 0 Å². The molecule has 1 aliphatic heterocycles. The van der Waals surface area contributed by atoms with E-state index in [4.69, 9.17) is 4.84 Å². The fraction of sp³-hybridized carbons (Fsp3) is 1.00. The first kappa shape index (κ1) is 12.0. The van der Waals surface area contributed by atoms with E-state index in [1.807, 2.05) is 6.92 Å². The van der Waals surface area contributed by atoms with Gasteiger partial charge in [0.05, 0.1) is 6.61 Å². The molecule has 1 N–H and O–H groups in total. The minimum absolute atomic E-state index is 0.554. The third kappa shape index (κ3) is 3.95. The Bertz CT molecular complexity index is 150. The average Bonchev–Trinajstić information content (AvgIpc) is 2.39. The largest absolute Gasteiger partial charge is 0.302 e. The maximum atomic E-state index is 5.26. The maximum Gasteiger partial charge on any atom is 0.0654 e. The highest BCUT2D eigenvalue weighted by Gasteiger charge is 2.18. The van der Waals surface area contributed by atoms with Crippen LogP contribution in [0.4, 0.5) is 0 Å². The molecule has 0 aromatic carbocycles. The number of hydrogen-bond donors (Lipinski definition) is 1. The van der Waals surface area contributed by atoms with Gasteiger partial charge in [-0.25, -0.2) is 0 Å². The Hall–Kier alpha value is -0.120. The Labute approximate surface area is 87.8 Å². The van der Waals surface area contributed by atoms with Crippen molar-refractivity contribution in [2.45, 2.75) is 52.1 Å². The zero-order valence-corrected chi connectivity index (χ0v) is 9.75. The third-order valence-electron chi connectivity index (χ3n) is 2.89.